The Morgan fingerprint density at radius 2 is 2.05 bits per heavy atom. The lowest BCUT2D eigenvalue weighted by molar-refractivity contribution is 0.619. The van der Waals surface area contributed by atoms with Crippen LogP contribution in [-0.2, 0) is 29.5 Å². The number of hydrogen-bond donors (Lipinski definition) is 1. The normalized spacial score (nSPS) is 12.6. The highest BCUT2D eigenvalue weighted by molar-refractivity contribution is 7.84. The Bertz CT molecular complexity index is 619. The quantitative estimate of drug-likeness (QED) is 0.862. The number of aryl methyl sites for hydroxylation is 2. The molecule has 0 radical (unpaired) electrons. The summed E-state index contributed by atoms with van der Waals surface area (Å²) in [6.45, 7) is 4.73. The predicted octanol–water partition coefficient (Wildman–Crippen LogP) is 2.49. The van der Waals surface area contributed by atoms with Gasteiger partial charge in [0, 0.05) is 17.1 Å². The highest BCUT2D eigenvalue weighted by Crippen LogP contribution is 2.18. The molecule has 0 spiro atoms. The van der Waals surface area contributed by atoms with Crippen LogP contribution in [0.1, 0.15) is 25.2 Å². The first-order valence-corrected chi connectivity index (χ1v) is 7.85. The molecule has 6 heteroatoms. The lowest BCUT2D eigenvalue weighted by atomic mass is 10.3. The van der Waals surface area contributed by atoms with Gasteiger partial charge in [-0.3, -0.25) is 8.89 Å². The number of rotatable bonds is 5. The summed E-state index contributed by atoms with van der Waals surface area (Å²) in [6, 6.07) is 5.97. The lowest BCUT2D eigenvalue weighted by Crippen LogP contribution is -2.06. The van der Waals surface area contributed by atoms with Crippen molar-refractivity contribution in [2.45, 2.75) is 37.5 Å². The largest absolute Gasteiger partial charge is 0.399 e. The van der Waals surface area contributed by atoms with E-state index in [1.807, 2.05) is 24.6 Å². The minimum absolute atomic E-state index is 0.284. The van der Waals surface area contributed by atoms with Crippen molar-refractivity contribution in [3.63, 3.8) is 0 Å². The van der Waals surface area contributed by atoms with Gasteiger partial charge in [-0.05, 0) is 37.6 Å². The van der Waals surface area contributed by atoms with E-state index in [0.29, 0.717) is 10.6 Å². The van der Waals surface area contributed by atoms with Crippen molar-refractivity contribution in [3.05, 3.63) is 41.5 Å². The van der Waals surface area contributed by atoms with Crippen molar-refractivity contribution in [2.24, 2.45) is 0 Å². The Morgan fingerprint density at radius 3 is 2.65 bits per heavy atom. The average Bonchev–Trinajstić information content (AvgIpc) is 2.79. The molecule has 2 aromatic rings. The van der Waals surface area contributed by atoms with Crippen LogP contribution in [-0.4, -0.2) is 14.0 Å². The second-order valence-corrected chi connectivity index (χ2v) is 5.96. The molecular formula is C14H18FN3OS. The Hall–Kier alpha value is -1.69. The Kier molecular flexibility index (Phi) is 4.54. The summed E-state index contributed by atoms with van der Waals surface area (Å²) in [5.74, 6) is -0.157. The topological polar surface area (TPSA) is 60.9 Å². The third kappa shape index (κ3) is 3.25. The van der Waals surface area contributed by atoms with E-state index >= 15 is 0 Å². The molecule has 0 aliphatic rings. The van der Waals surface area contributed by atoms with Crippen molar-refractivity contribution < 1.29 is 8.60 Å². The summed E-state index contributed by atoms with van der Waals surface area (Å²) in [7, 11) is -1.34. The van der Waals surface area contributed by atoms with E-state index < -0.39 is 16.6 Å². The van der Waals surface area contributed by atoms with Gasteiger partial charge in [0.15, 0.2) is 0 Å². The average molecular weight is 295 g/mol. The SMILES string of the molecule is CCc1cc(CS(=O)c2cc(N)cc(F)c2)n(CC)n1. The fraction of sp³-hybridized carbons (Fsp3) is 0.357. The Morgan fingerprint density at radius 1 is 1.30 bits per heavy atom. The highest BCUT2D eigenvalue weighted by Gasteiger charge is 2.12. The molecular weight excluding hydrogens is 277 g/mol. The van der Waals surface area contributed by atoms with Crippen LogP contribution in [0.4, 0.5) is 10.1 Å². The molecule has 0 saturated carbocycles. The van der Waals surface area contributed by atoms with Gasteiger partial charge in [0.05, 0.1) is 27.9 Å². The van der Waals surface area contributed by atoms with Crippen LogP contribution in [0.3, 0.4) is 0 Å². The number of benzene rings is 1. The highest BCUT2D eigenvalue weighted by atomic mass is 32.2. The number of nitrogens with two attached hydrogens (primary N) is 1. The van der Waals surface area contributed by atoms with Crippen molar-refractivity contribution in [2.75, 3.05) is 5.73 Å². The molecule has 20 heavy (non-hydrogen) atoms. The molecule has 4 nitrogen and oxygen atoms in total. The summed E-state index contributed by atoms with van der Waals surface area (Å²) in [6.07, 6.45) is 0.833. The summed E-state index contributed by atoms with van der Waals surface area (Å²) >= 11 is 0. The van der Waals surface area contributed by atoms with Gasteiger partial charge < -0.3 is 5.73 Å². The van der Waals surface area contributed by atoms with Gasteiger partial charge in [0.1, 0.15) is 5.82 Å². The van der Waals surface area contributed by atoms with Gasteiger partial charge >= 0.3 is 0 Å². The number of halogens is 1. The van der Waals surface area contributed by atoms with Gasteiger partial charge in [-0.15, -0.1) is 0 Å². The van der Waals surface area contributed by atoms with Crippen LogP contribution < -0.4 is 5.73 Å². The molecule has 1 aromatic heterocycles. The molecule has 1 unspecified atom stereocenters. The number of nitrogens with zero attached hydrogens (tertiary/aromatic N) is 2. The standard InChI is InChI=1S/C14H18FN3OS/c1-3-12-8-13(18(4-2)17-12)9-20(19)14-6-10(15)5-11(16)7-14/h5-8H,3-4,9,16H2,1-2H3. The van der Waals surface area contributed by atoms with E-state index in [9.17, 15) is 8.60 Å². The minimum atomic E-state index is -1.34. The van der Waals surface area contributed by atoms with Crippen LogP contribution in [0.2, 0.25) is 0 Å². The maximum Gasteiger partial charge on any atom is 0.126 e. The van der Waals surface area contributed by atoms with Gasteiger partial charge in [0.25, 0.3) is 0 Å². The summed E-state index contributed by atoms with van der Waals surface area (Å²) in [5, 5.41) is 4.41. The molecule has 1 atom stereocenters. The fourth-order valence-corrected chi connectivity index (χ4v) is 3.19. The summed E-state index contributed by atoms with van der Waals surface area (Å²) in [4.78, 5) is 0.407. The van der Waals surface area contributed by atoms with Crippen molar-refractivity contribution in [1.82, 2.24) is 9.78 Å². The molecule has 0 bridgehead atoms. The molecule has 0 aliphatic carbocycles. The van der Waals surface area contributed by atoms with E-state index in [-0.39, 0.29) is 5.69 Å². The van der Waals surface area contributed by atoms with Gasteiger partial charge in [-0.1, -0.05) is 6.92 Å². The second-order valence-electron chi connectivity index (χ2n) is 4.51. The van der Waals surface area contributed by atoms with Crippen LogP contribution in [0.5, 0.6) is 0 Å². The van der Waals surface area contributed by atoms with Crippen LogP contribution in [0, 0.1) is 5.82 Å². The van der Waals surface area contributed by atoms with Gasteiger partial charge in [0.2, 0.25) is 0 Å². The number of nitrogen functional groups attached to an aromatic ring is 1. The minimum Gasteiger partial charge on any atom is -0.399 e. The first-order chi connectivity index (χ1) is 9.53. The zero-order valence-electron chi connectivity index (χ0n) is 11.6. The molecule has 0 saturated heterocycles. The summed E-state index contributed by atoms with van der Waals surface area (Å²) in [5.41, 5.74) is 7.73. The third-order valence-corrected chi connectivity index (χ3v) is 4.33. The maximum atomic E-state index is 13.3. The van der Waals surface area contributed by atoms with E-state index in [2.05, 4.69) is 5.10 Å². The Labute approximate surface area is 120 Å². The monoisotopic (exact) mass is 295 g/mol. The van der Waals surface area contributed by atoms with Crippen molar-refractivity contribution >= 4 is 16.5 Å². The van der Waals surface area contributed by atoms with Gasteiger partial charge in [-0.25, -0.2) is 4.39 Å². The molecule has 2 N–H and O–H groups in total. The maximum absolute atomic E-state index is 13.3. The summed E-state index contributed by atoms with van der Waals surface area (Å²) < 4.78 is 27.5. The predicted molar refractivity (Wildman–Crippen MR) is 78.2 cm³/mol. The van der Waals surface area contributed by atoms with E-state index in [1.165, 1.54) is 12.1 Å². The zero-order chi connectivity index (χ0) is 14.7. The second kappa shape index (κ2) is 6.17. The molecule has 1 heterocycles. The molecule has 0 amide bonds. The Balaban J connectivity index is 2.25. The smallest absolute Gasteiger partial charge is 0.126 e. The first kappa shape index (κ1) is 14.7. The van der Waals surface area contributed by atoms with Crippen LogP contribution >= 0.6 is 0 Å². The first-order valence-electron chi connectivity index (χ1n) is 6.53. The van der Waals surface area contributed by atoms with E-state index in [1.54, 1.807) is 6.07 Å². The molecule has 0 aliphatic heterocycles. The fourth-order valence-electron chi connectivity index (χ4n) is 2.01. The zero-order valence-corrected chi connectivity index (χ0v) is 12.4. The molecule has 0 fully saturated rings. The third-order valence-electron chi connectivity index (χ3n) is 3.01. The van der Waals surface area contributed by atoms with Crippen LogP contribution in [0.15, 0.2) is 29.2 Å². The van der Waals surface area contributed by atoms with E-state index in [0.717, 1.165) is 24.4 Å². The lowest BCUT2D eigenvalue weighted by Gasteiger charge is -2.06. The van der Waals surface area contributed by atoms with Gasteiger partial charge in [-0.2, -0.15) is 5.10 Å². The number of aromatic nitrogens is 2. The molecule has 2 rings (SSSR count). The number of hydrogen-bond acceptors (Lipinski definition) is 3. The van der Waals surface area contributed by atoms with Crippen LogP contribution in [0.25, 0.3) is 0 Å². The van der Waals surface area contributed by atoms with Crippen molar-refractivity contribution in [1.29, 1.82) is 0 Å². The van der Waals surface area contributed by atoms with E-state index in [4.69, 9.17) is 5.73 Å². The number of anilines is 1. The molecule has 1 aromatic carbocycles. The van der Waals surface area contributed by atoms with Crippen molar-refractivity contribution in [3.8, 4) is 0 Å². The molecule has 108 valence electrons.